The summed E-state index contributed by atoms with van der Waals surface area (Å²) in [6, 6.07) is 22.2. The van der Waals surface area contributed by atoms with Crippen LogP contribution in [0.25, 0.3) is 27.6 Å². The van der Waals surface area contributed by atoms with E-state index in [0.717, 1.165) is 17.5 Å². The topological polar surface area (TPSA) is 72.7 Å². The molecule has 8 heteroatoms. The number of aryl methyl sites for hydroxylation is 1. The third-order valence-electron chi connectivity index (χ3n) is 5.28. The van der Waals surface area contributed by atoms with Crippen LogP contribution in [0.2, 0.25) is 5.02 Å². The minimum absolute atomic E-state index is 0.118. The average molecular weight is 463 g/mol. The van der Waals surface area contributed by atoms with Gasteiger partial charge in [0.15, 0.2) is 5.16 Å². The second-order valence-electron chi connectivity index (χ2n) is 7.30. The summed E-state index contributed by atoms with van der Waals surface area (Å²) >= 11 is 7.90. The SMILES string of the molecule is O=c1c2ccccc2nc(SCCCn2c(=O)[nH]c3ccccc32)n1-c1ccccc1Cl. The number of rotatable bonds is 6. The molecule has 0 aliphatic carbocycles. The Balaban J connectivity index is 1.45. The largest absolute Gasteiger partial charge is 0.326 e. The molecule has 0 saturated heterocycles. The summed E-state index contributed by atoms with van der Waals surface area (Å²) in [5, 5.41) is 1.61. The third kappa shape index (κ3) is 3.74. The van der Waals surface area contributed by atoms with Crippen LogP contribution in [0, 0.1) is 0 Å². The molecule has 0 fully saturated rings. The summed E-state index contributed by atoms with van der Waals surface area (Å²) in [5.41, 5.74) is 2.70. The number of benzene rings is 3. The molecule has 0 unspecified atom stereocenters. The number of aromatic nitrogens is 4. The molecular formula is C24H19ClN4O2S. The van der Waals surface area contributed by atoms with E-state index in [1.807, 2.05) is 60.7 Å². The standard InChI is InChI=1S/C24H19ClN4O2S/c25-17-9-2-5-12-20(17)29-22(30)16-8-1-3-10-18(16)27-24(29)32-15-7-14-28-21-13-6-4-11-19(21)26-23(28)31/h1-6,8-13H,7,14-15H2,(H,26,31). The number of H-pyrrole nitrogens is 1. The number of nitrogens with zero attached hydrogens (tertiary/aromatic N) is 3. The van der Waals surface area contributed by atoms with Gasteiger partial charge in [-0.2, -0.15) is 0 Å². The molecule has 160 valence electrons. The summed E-state index contributed by atoms with van der Waals surface area (Å²) in [6.45, 7) is 0.569. The van der Waals surface area contributed by atoms with Gasteiger partial charge in [-0.1, -0.05) is 59.8 Å². The molecule has 3 aromatic carbocycles. The van der Waals surface area contributed by atoms with Crippen molar-refractivity contribution < 1.29 is 0 Å². The Morgan fingerprint density at radius 3 is 2.56 bits per heavy atom. The fourth-order valence-electron chi connectivity index (χ4n) is 3.77. The van der Waals surface area contributed by atoms with Crippen molar-refractivity contribution in [1.29, 1.82) is 0 Å². The van der Waals surface area contributed by atoms with Gasteiger partial charge in [0.1, 0.15) is 0 Å². The van der Waals surface area contributed by atoms with Crippen molar-refractivity contribution in [2.45, 2.75) is 18.1 Å². The van der Waals surface area contributed by atoms with Gasteiger partial charge in [0.25, 0.3) is 5.56 Å². The highest BCUT2D eigenvalue weighted by atomic mass is 35.5. The number of hydrogen-bond acceptors (Lipinski definition) is 4. The lowest BCUT2D eigenvalue weighted by Crippen LogP contribution is -2.22. The van der Waals surface area contributed by atoms with E-state index in [1.54, 1.807) is 21.3 Å². The fourth-order valence-corrected chi connectivity index (χ4v) is 4.92. The van der Waals surface area contributed by atoms with E-state index < -0.39 is 0 Å². The highest BCUT2D eigenvalue weighted by molar-refractivity contribution is 7.99. The molecule has 2 heterocycles. The number of thioether (sulfide) groups is 1. The quantitative estimate of drug-likeness (QED) is 0.222. The minimum Gasteiger partial charge on any atom is -0.306 e. The van der Waals surface area contributed by atoms with Crippen molar-refractivity contribution >= 4 is 45.3 Å². The molecule has 0 amide bonds. The molecule has 32 heavy (non-hydrogen) atoms. The molecule has 0 atom stereocenters. The van der Waals surface area contributed by atoms with Crippen LogP contribution in [-0.2, 0) is 6.54 Å². The summed E-state index contributed by atoms with van der Waals surface area (Å²) in [7, 11) is 0. The predicted molar refractivity (Wildman–Crippen MR) is 130 cm³/mol. The monoisotopic (exact) mass is 462 g/mol. The average Bonchev–Trinajstić information content (AvgIpc) is 3.13. The second kappa shape index (κ2) is 8.68. The van der Waals surface area contributed by atoms with E-state index in [4.69, 9.17) is 16.6 Å². The van der Waals surface area contributed by atoms with Crippen molar-refractivity contribution in [2.24, 2.45) is 0 Å². The summed E-state index contributed by atoms with van der Waals surface area (Å²) in [6.07, 6.45) is 0.734. The lowest BCUT2D eigenvalue weighted by molar-refractivity contribution is 0.678. The Kier molecular flexibility index (Phi) is 5.59. The van der Waals surface area contributed by atoms with Gasteiger partial charge in [-0.15, -0.1) is 0 Å². The van der Waals surface area contributed by atoms with Gasteiger partial charge in [-0.3, -0.25) is 13.9 Å². The summed E-state index contributed by atoms with van der Waals surface area (Å²) in [4.78, 5) is 33.2. The number of aromatic amines is 1. The maximum Gasteiger partial charge on any atom is 0.326 e. The van der Waals surface area contributed by atoms with E-state index in [9.17, 15) is 9.59 Å². The molecule has 0 radical (unpaired) electrons. The molecule has 2 aromatic heterocycles. The number of imidazole rings is 1. The van der Waals surface area contributed by atoms with Crippen LogP contribution in [0.15, 0.2) is 87.5 Å². The van der Waals surface area contributed by atoms with Crippen molar-refractivity contribution in [3.8, 4) is 5.69 Å². The van der Waals surface area contributed by atoms with Gasteiger partial charge in [0.05, 0.1) is 32.6 Å². The van der Waals surface area contributed by atoms with Crippen molar-refractivity contribution in [3.05, 3.63) is 98.7 Å². The molecule has 0 spiro atoms. The Morgan fingerprint density at radius 1 is 0.938 bits per heavy atom. The van der Waals surface area contributed by atoms with E-state index >= 15 is 0 Å². The van der Waals surface area contributed by atoms with Gasteiger partial charge in [-0.25, -0.2) is 9.78 Å². The minimum atomic E-state index is -0.154. The number of para-hydroxylation sites is 4. The van der Waals surface area contributed by atoms with Gasteiger partial charge in [0, 0.05) is 12.3 Å². The molecule has 0 saturated carbocycles. The molecule has 0 aliphatic rings. The molecule has 0 bridgehead atoms. The van der Waals surface area contributed by atoms with Crippen LogP contribution in [0.4, 0.5) is 0 Å². The van der Waals surface area contributed by atoms with Crippen LogP contribution in [0.1, 0.15) is 6.42 Å². The van der Waals surface area contributed by atoms with E-state index in [-0.39, 0.29) is 11.2 Å². The summed E-state index contributed by atoms with van der Waals surface area (Å²) < 4.78 is 3.32. The molecule has 5 aromatic rings. The highest BCUT2D eigenvalue weighted by Crippen LogP contribution is 2.26. The van der Waals surface area contributed by atoms with Crippen molar-refractivity contribution in [3.63, 3.8) is 0 Å². The zero-order chi connectivity index (χ0) is 22.1. The Morgan fingerprint density at radius 2 is 1.69 bits per heavy atom. The fraction of sp³-hybridized carbons (Fsp3) is 0.125. The summed E-state index contributed by atoms with van der Waals surface area (Å²) in [5.74, 6) is 0.682. The van der Waals surface area contributed by atoms with Gasteiger partial charge in [0.2, 0.25) is 0 Å². The zero-order valence-corrected chi connectivity index (χ0v) is 18.6. The van der Waals surface area contributed by atoms with Crippen LogP contribution in [0.3, 0.4) is 0 Å². The zero-order valence-electron chi connectivity index (χ0n) is 17.0. The third-order valence-corrected chi connectivity index (χ3v) is 6.62. The van der Waals surface area contributed by atoms with E-state index in [1.165, 1.54) is 11.8 Å². The van der Waals surface area contributed by atoms with E-state index in [2.05, 4.69) is 4.98 Å². The molecule has 6 nitrogen and oxygen atoms in total. The first-order valence-corrected chi connectivity index (χ1v) is 11.6. The number of fused-ring (bicyclic) bond motifs is 2. The molecule has 0 aliphatic heterocycles. The molecule has 5 rings (SSSR count). The second-order valence-corrected chi connectivity index (χ2v) is 8.77. The predicted octanol–water partition coefficient (Wildman–Crippen LogP) is 4.86. The highest BCUT2D eigenvalue weighted by Gasteiger charge is 2.15. The van der Waals surface area contributed by atoms with E-state index in [0.29, 0.717) is 39.1 Å². The Hall–Kier alpha value is -3.29. The van der Waals surface area contributed by atoms with Gasteiger partial charge >= 0.3 is 5.69 Å². The van der Waals surface area contributed by atoms with Crippen LogP contribution < -0.4 is 11.2 Å². The Labute approximate surface area is 192 Å². The smallest absolute Gasteiger partial charge is 0.306 e. The maximum absolute atomic E-state index is 13.3. The first-order chi connectivity index (χ1) is 15.6. The number of nitrogens with one attached hydrogen (secondary N) is 1. The van der Waals surface area contributed by atoms with Gasteiger partial charge < -0.3 is 4.98 Å². The lowest BCUT2D eigenvalue weighted by atomic mass is 10.2. The normalized spacial score (nSPS) is 11.4. The first kappa shape index (κ1) is 20.6. The van der Waals surface area contributed by atoms with Crippen LogP contribution in [-0.4, -0.2) is 24.9 Å². The van der Waals surface area contributed by atoms with Crippen molar-refractivity contribution in [2.75, 3.05) is 5.75 Å². The maximum atomic E-state index is 13.3. The molecular weight excluding hydrogens is 444 g/mol. The van der Waals surface area contributed by atoms with Crippen molar-refractivity contribution in [1.82, 2.24) is 19.1 Å². The number of hydrogen-bond donors (Lipinski definition) is 1. The first-order valence-electron chi connectivity index (χ1n) is 10.2. The van der Waals surface area contributed by atoms with Gasteiger partial charge in [-0.05, 0) is 42.8 Å². The lowest BCUT2D eigenvalue weighted by Gasteiger charge is -2.14. The Bertz CT molecular complexity index is 1550. The van der Waals surface area contributed by atoms with Crippen LogP contribution in [0.5, 0.6) is 0 Å². The van der Waals surface area contributed by atoms with Crippen LogP contribution >= 0.6 is 23.4 Å². The molecule has 1 N–H and O–H groups in total. The number of halogens is 1.